The highest BCUT2D eigenvalue weighted by Crippen LogP contribution is 2.31. The van der Waals surface area contributed by atoms with E-state index in [0.29, 0.717) is 17.0 Å². The Balaban J connectivity index is 1.73. The molecular weight excluding hydrogens is 581 g/mol. The van der Waals surface area contributed by atoms with Gasteiger partial charge in [0, 0.05) is 17.6 Å². The largest absolute Gasteiger partial charge is 0.352 e. The van der Waals surface area contributed by atoms with E-state index in [-0.39, 0.29) is 34.1 Å². The molecule has 2 amide bonds. The monoisotopic (exact) mass is 615 g/mol. The number of nitrogens with zero attached hydrogens (tertiary/aromatic N) is 2. The normalized spacial score (nSPS) is 14.4. The van der Waals surface area contributed by atoms with Crippen LogP contribution in [0.4, 0.5) is 5.69 Å². The first-order valence-corrected chi connectivity index (χ1v) is 16.0. The van der Waals surface area contributed by atoms with Crippen molar-refractivity contribution in [1.82, 2.24) is 10.2 Å². The van der Waals surface area contributed by atoms with Crippen LogP contribution < -0.4 is 9.62 Å². The van der Waals surface area contributed by atoms with E-state index in [1.165, 1.54) is 17.0 Å². The molecular formula is C31H35Cl2N3O4S. The van der Waals surface area contributed by atoms with E-state index >= 15 is 0 Å². The molecule has 3 aromatic rings. The third-order valence-corrected chi connectivity index (χ3v) is 9.86. The number of halogens is 2. The van der Waals surface area contributed by atoms with Gasteiger partial charge in [-0.2, -0.15) is 0 Å². The summed E-state index contributed by atoms with van der Waals surface area (Å²) in [6.07, 6.45) is 4.23. The van der Waals surface area contributed by atoms with E-state index < -0.39 is 28.5 Å². The maximum Gasteiger partial charge on any atom is 0.264 e. The maximum atomic E-state index is 14.2. The molecule has 0 spiro atoms. The van der Waals surface area contributed by atoms with E-state index in [1.807, 2.05) is 13.8 Å². The van der Waals surface area contributed by atoms with Crippen LogP contribution in [0.25, 0.3) is 0 Å². The molecule has 1 fully saturated rings. The van der Waals surface area contributed by atoms with Crippen LogP contribution in [0.15, 0.2) is 77.7 Å². The summed E-state index contributed by atoms with van der Waals surface area (Å²) in [4.78, 5) is 29.2. The molecule has 1 atom stereocenters. The Morgan fingerprint density at radius 1 is 0.927 bits per heavy atom. The van der Waals surface area contributed by atoms with Gasteiger partial charge in [-0.3, -0.25) is 13.9 Å². The molecule has 0 radical (unpaired) electrons. The van der Waals surface area contributed by atoms with Gasteiger partial charge in [0.25, 0.3) is 10.0 Å². The molecule has 0 saturated heterocycles. The van der Waals surface area contributed by atoms with Crippen molar-refractivity contribution in [3.8, 4) is 0 Å². The molecule has 3 aromatic carbocycles. The van der Waals surface area contributed by atoms with Gasteiger partial charge in [-0.05, 0) is 62.1 Å². The summed E-state index contributed by atoms with van der Waals surface area (Å²) in [6, 6.07) is 19.2. The SMILES string of the molecule is CCC(C(=O)NC1CCCC1)N(Cc1ccccc1Cl)C(=O)CN(c1ccccc1Cl)S(=O)(=O)c1ccc(C)cc1. The topological polar surface area (TPSA) is 86.8 Å². The number of rotatable bonds is 11. The Hall–Kier alpha value is -3.07. The van der Waals surface area contributed by atoms with Crippen molar-refractivity contribution in [3.05, 3.63) is 94.0 Å². The van der Waals surface area contributed by atoms with Crippen LogP contribution in [0.2, 0.25) is 10.0 Å². The first kappa shape index (κ1) is 30.9. The Labute approximate surface area is 252 Å². The lowest BCUT2D eigenvalue weighted by Gasteiger charge is -2.34. The van der Waals surface area contributed by atoms with Crippen molar-refractivity contribution < 1.29 is 18.0 Å². The van der Waals surface area contributed by atoms with Gasteiger partial charge in [-0.15, -0.1) is 0 Å². The highest BCUT2D eigenvalue weighted by atomic mass is 35.5. The zero-order valence-electron chi connectivity index (χ0n) is 23.2. The highest BCUT2D eigenvalue weighted by molar-refractivity contribution is 7.92. The number of anilines is 1. The number of hydrogen-bond donors (Lipinski definition) is 1. The van der Waals surface area contributed by atoms with Crippen LogP contribution in [-0.2, 0) is 26.2 Å². The molecule has 41 heavy (non-hydrogen) atoms. The van der Waals surface area contributed by atoms with Gasteiger partial charge in [-0.25, -0.2) is 8.42 Å². The van der Waals surface area contributed by atoms with Crippen LogP contribution in [-0.4, -0.2) is 43.8 Å². The Morgan fingerprint density at radius 2 is 1.54 bits per heavy atom. The Kier molecular flexibility index (Phi) is 10.3. The van der Waals surface area contributed by atoms with E-state index in [2.05, 4.69) is 5.32 Å². The third-order valence-electron chi connectivity index (χ3n) is 7.39. The van der Waals surface area contributed by atoms with Gasteiger partial charge in [0.2, 0.25) is 11.8 Å². The Morgan fingerprint density at radius 3 is 2.15 bits per heavy atom. The lowest BCUT2D eigenvalue weighted by atomic mass is 10.1. The van der Waals surface area contributed by atoms with Gasteiger partial charge in [-0.1, -0.05) is 91.0 Å². The predicted molar refractivity (Wildman–Crippen MR) is 164 cm³/mol. The minimum absolute atomic E-state index is 0.0273. The molecule has 1 aliphatic rings. The molecule has 218 valence electrons. The van der Waals surface area contributed by atoms with Crippen LogP contribution in [0.3, 0.4) is 0 Å². The highest BCUT2D eigenvalue weighted by Gasteiger charge is 2.35. The van der Waals surface area contributed by atoms with Gasteiger partial charge < -0.3 is 10.2 Å². The average molecular weight is 617 g/mol. The smallest absolute Gasteiger partial charge is 0.264 e. The van der Waals surface area contributed by atoms with Crippen molar-refractivity contribution in [2.45, 2.75) is 69.5 Å². The van der Waals surface area contributed by atoms with Crippen molar-refractivity contribution in [3.63, 3.8) is 0 Å². The zero-order chi connectivity index (χ0) is 29.6. The van der Waals surface area contributed by atoms with E-state index in [0.717, 1.165) is 35.6 Å². The fourth-order valence-electron chi connectivity index (χ4n) is 5.10. The van der Waals surface area contributed by atoms with Gasteiger partial charge in [0.15, 0.2) is 0 Å². The fraction of sp³-hybridized carbons (Fsp3) is 0.355. The molecule has 0 heterocycles. The molecule has 1 N–H and O–H groups in total. The lowest BCUT2D eigenvalue weighted by molar-refractivity contribution is -0.140. The molecule has 0 aromatic heterocycles. The van der Waals surface area contributed by atoms with Crippen LogP contribution in [0.1, 0.15) is 50.2 Å². The second-order valence-electron chi connectivity index (χ2n) is 10.3. The van der Waals surface area contributed by atoms with E-state index in [9.17, 15) is 18.0 Å². The summed E-state index contributed by atoms with van der Waals surface area (Å²) in [5.74, 6) is -0.806. The number of benzene rings is 3. The lowest BCUT2D eigenvalue weighted by Crippen LogP contribution is -2.53. The number of para-hydroxylation sites is 1. The summed E-state index contributed by atoms with van der Waals surface area (Å²) >= 11 is 12.9. The number of hydrogen-bond acceptors (Lipinski definition) is 4. The van der Waals surface area contributed by atoms with Crippen molar-refractivity contribution in [2.24, 2.45) is 0 Å². The van der Waals surface area contributed by atoms with Gasteiger partial charge >= 0.3 is 0 Å². The minimum Gasteiger partial charge on any atom is -0.352 e. The fourth-order valence-corrected chi connectivity index (χ4v) is 7.02. The minimum atomic E-state index is -4.20. The predicted octanol–water partition coefficient (Wildman–Crippen LogP) is 6.36. The average Bonchev–Trinajstić information content (AvgIpc) is 3.46. The summed E-state index contributed by atoms with van der Waals surface area (Å²) in [6.45, 7) is 3.17. The zero-order valence-corrected chi connectivity index (χ0v) is 25.6. The molecule has 7 nitrogen and oxygen atoms in total. The Bertz CT molecular complexity index is 1470. The number of carbonyl (C=O) groups is 2. The number of nitrogens with one attached hydrogen (secondary N) is 1. The molecule has 0 aliphatic heterocycles. The molecule has 1 unspecified atom stereocenters. The second kappa shape index (κ2) is 13.7. The summed E-state index contributed by atoms with van der Waals surface area (Å²) in [7, 11) is -4.20. The van der Waals surface area contributed by atoms with Crippen LogP contribution in [0.5, 0.6) is 0 Å². The first-order chi connectivity index (χ1) is 19.6. The molecule has 1 saturated carbocycles. The van der Waals surface area contributed by atoms with Crippen molar-refractivity contribution >= 4 is 50.7 Å². The number of amides is 2. The molecule has 10 heteroatoms. The first-order valence-electron chi connectivity index (χ1n) is 13.8. The maximum absolute atomic E-state index is 14.2. The summed E-state index contributed by atoms with van der Waals surface area (Å²) in [5, 5.41) is 3.73. The molecule has 4 rings (SSSR count). The number of aryl methyl sites for hydroxylation is 1. The molecule has 1 aliphatic carbocycles. The van der Waals surface area contributed by atoms with Gasteiger partial charge in [0.1, 0.15) is 12.6 Å². The second-order valence-corrected chi connectivity index (χ2v) is 13.0. The van der Waals surface area contributed by atoms with E-state index in [4.69, 9.17) is 23.2 Å². The summed E-state index contributed by atoms with van der Waals surface area (Å²) < 4.78 is 29.0. The van der Waals surface area contributed by atoms with Crippen molar-refractivity contribution in [1.29, 1.82) is 0 Å². The van der Waals surface area contributed by atoms with Gasteiger partial charge in [0.05, 0.1) is 15.6 Å². The molecule has 0 bridgehead atoms. The van der Waals surface area contributed by atoms with Crippen molar-refractivity contribution in [2.75, 3.05) is 10.8 Å². The third kappa shape index (κ3) is 7.42. The van der Waals surface area contributed by atoms with Crippen LogP contribution >= 0.6 is 23.2 Å². The summed E-state index contributed by atoms with van der Waals surface area (Å²) in [5.41, 5.74) is 1.72. The standard InChI is InChI=1S/C31H35Cl2N3O4S/c1-3-28(31(38)34-24-11-5-6-12-24)35(20-23-10-4-7-13-26(23)32)30(37)21-36(29-15-9-8-14-27(29)33)41(39,40)25-18-16-22(2)17-19-25/h4,7-10,13-19,24,28H,3,5-6,11-12,20-21H2,1-2H3,(H,34,38). The van der Waals surface area contributed by atoms with E-state index in [1.54, 1.807) is 60.7 Å². The quantitative estimate of drug-likeness (QED) is 0.272. The number of carbonyl (C=O) groups excluding carboxylic acids is 2. The van der Waals surface area contributed by atoms with Crippen LogP contribution in [0, 0.1) is 6.92 Å². The number of sulfonamides is 1.